The Kier molecular flexibility index (Phi) is 7.08. The van der Waals surface area contributed by atoms with Gasteiger partial charge in [-0.3, -0.25) is 0 Å². The molecule has 0 bridgehead atoms. The maximum Gasteiger partial charge on any atom is 0.146 e. The highest BCUT2D eigenvalue weighted by Gasteiger charge is 2.21. The molecule has 1 heteroatoms. The summed E-state index contributed by atoms with van der Waals surface area (Å²) < 4.78 is 14.8. The van der Waals surface area contributed by atoms with Crippen LogP contribution < -0.4 is 0 Å². The molecule has 160 valence electrons. The number of hydrogen-bond acceptors (Lipinski definition) is 0. The van der Waals surface area contributed by atoms with E-state index in [1.54, 1.807) is 6.07 Å². The van der Waals surface area contributed by atoms with Crippen LogP contribution in [-0.4, -0.2) is 0 Å². The van der Waals surface area contributed by atoms with Gasteiger partial charge >= 0.3 is 0 Å². The van der Waals surface area contributed by atoms with Crippen molar-refractivity contribution in [2.75, 3.05) is 0 Å². The van der Waals surface area contributed by atoms with Crippen LogP contribution >= 0.6 is 0 Å². The van der Waals surface area contributed by atoms with Crippen molar-refractivity contribution in [2.45, 2.75) is 71.1 Å². The topological polar surface area (TPSA) is 0 Å². The van der Waals surface area contributed by atoms with Crippen molar-refractivity contribution in [3.8, 4) is 11.8 Å². The van der Waals surface area contributed by atoms with Crippen LogP contribution in [0.15, 0.2) is 54.6 Å². The molecular formula is C30H33F. The fourth-order valence-corrected chi connectivity index (χ4v) is 4.95. The lowest BCUT2D eigenvalue weighted by molar-refractivity contribution is 0.303. The highest BCUT2D eigenvalue weighted by atomic mass is 19.1. The van der Waals surface area contributed by atoms with E-state index in [1.807, 2.05) is 31.2 Å². The van der Waals surface area contributed by atoms with E-state index < -0.39 is 0 Å². The van der Waals surface area contributed by atoms with Crippen molar-refractivity contribution < 1.29 is 4.39 Å². The van der Waals surface area contributed by atoms with Crippen LogP contribution in [0, 0.1) is 30.5 Å². The molecule has 1 fully saturated rings. The molecule has 4 rings (SSSR count). The summed E-state index contributed by atoms with van der Waals surface area (Å²) >= 11 is 0. The summed E-state index contributed by atoms with van der Waals surface area (Å²) in [4.78, 5) is 0. The summed E-state index contributed by atoms with van der Waals surface area (Å²) in [6.45, 7) is 4.30. The molecular weight excluding hydrogens is 379 g/mol. The van der Waals surface area contributed by atoms with Crippen molar-refractivity contribution in [1.29, 1.82) is 0 Å². The van der Waals surface area contributed by atoms with Gasteiger partial charge in [-0.2, -0.15) is 0 Å². The van der Waals surface area contributed by atoms with E-state index >= 15 is 0 Å². The fourth-order valence-electron chi connectivity index (χ4n) is 4.95. The third kappa shape index (κ3) is 5.37. The number of hydrogen-bond donors (Lipinski definition) is 0. The molecule has 0 heterocycles. The molecule has 0 unspecified atom stereocenters. The molecule has 3 aromatic carbocycles. The van der Waals surface area contributed by atoms with Crippen molar-refractivity contribution in [1.82, 2.24) is 0 Å². The Morgan fingerprint density at radius 2 is 1.65 bits per heavy atom. The van der Waals surface area contributed by atoms with Crippen LogP contribution in [0.1, 0.15) is 86.5 Å². The molecule has 0 amide bonds. The molecule has 0 aromatic heterocycles. The highest BCUT2D eigenvalue weighted by molar-refractivity contribution is 5.85. The molecule has 31 heavy (non-hydrogen) atoms. The van der Waals surface area contributed by atoms with Gasteiger partial charge in [0.05, 0.1) is 5.56 Å². The number of unbranched alkanes of at least 4 members (excludes halogenated alkanes) is 2. The molecule has 0 nitrogen and oxygen atoms in total. The molecule has 0 aliphatic heterocycles. The molecule has 3 aromatic rings. The van der Waals surface area contributed by atoms with Crippen molar-refractivity contribution in [2.24, 2.45) is 5.92 Å². The standard InChI is InChI=1S/C30H33F/c1-3-4-5-6-23-8-13-25(14-9-23)26-15-10-24(11-16-26)12-17-27-18-19-28-21-22(2)7-20-29(28)30(27)31/h7,10-11,15-16,18-21,23,25H,3-6,8-9,13-14H2,1-2H3. The zero-order valence-corrected chi connectivity index (χ0v) is 18.9. The van der Waals surface area contributed by atoms with Gasteiger partial charge in [0.25, 0.3) is 0 Å². The highest BCUT2D eigenvalue weighted by Crippen LogP contribution is 2.37. The molecule has 0 N–H and O–H groups in total. The first-order valence-electron chi connectivity index (χ1n) is 11.9. The Balaban J connectivity index is 1.40. The normalized spacial score (nSPS) is 18.5. The maximum atomic E-state index is 14.8. The second-order valence-electron chi connectivity index (χ2n) is 9.24. The van der Waals surface area contributed by atoms with Crippen molar-refractivity contribution in [3.05, 3.63) is 82.7 Å². The molecule has 0 radical (unpaired) electrons. The minimum absolute atomic E-state index is 0.225. The molecule has 1 aliphatic carbocycles. The number of rotatable bonds is 5. The van der Waals surface area contributed by atoms with Gasteiger partial charge in [0, 0.05) is 10.9 Å². The van der Waals surface area contributed by atoms with Crippen LogP contribution in [0.4, 0.5) is 4.39 Å². The summed E-state index contributed by atoms with van der Waals surface area (Å²) in [5, 5.41) is 1.56. The second kappa shape index (κ2) is 10.1. The van der Waals surface area contributed by atoms with Gasteiger partial charge < -0.3 is 0 Å². The van der Waals surface area contributed by atoms with E-state index in [1.165, 1.54) is 56.9 Å². The van der Waals surface area contributed by atoms with Crippen molar-refractivity contribution >= 4 is 10.8 Å². The van der Waals surface area contributed by atoms with E-state index in [9.17, 15) is 4.39 Å². The van der Waals surface area contributed by atoms with Crippen LogP contribution in [-0.2, 0) is 0 Å². The SMILES string of the molecule is CCCCCC1CCC(c2ccc(C#Cc3ccc4cc(C)ccc4c3F)cc2)CC1. The average molecular weight is 413 g/mol. The molecule has 0 atom stereocenters. The number of halogens is 1. The lowest BCUT2D eigenvalue weighted by Crippen LogP contribution is -2.13. The Morgan fingerprint density at radius 3 is 2.39 bits per heavy atom. The predicted molar refractivity (Wildman–Crippen MR) is 130 cm³/mol. The van der Waals surface area contributed by atoms with E-state index in [0.717, 1.165) is 22.4 Å². The third-order valence-corrected chi connectivity index (χ3v) is 6.90. The fraction of sp³-hybridized carbons (Fsp3) is 0.400. The minimum atomic E-state index is -0.225. The largest absolute Gasteiger partial charge is 0.205 e. The predicted octanol–water partition coefficient (Wildman–Crippen LogP) is 8.54. The van der Waals surface area contributed by atoms with Gasteiger partial charge in [-0.05, 0) is 73.6 Å². The van der Waals surface area contributed by atoms with Gasteiger partial charge in [0.15, 0.2) is 0 Å². The van der Waals surface area contributed by atoms with Gasteiger partial charge in [-0.1, -0.05) is 86.4 Å². The molecule has 1 aliphatic rings. The first kappa shape index (κ1) is 21.6. The number of fused-ring (bicyclic) bond motifs is 1. The first-order valence-corrected chi connectivity index (χ1v) is 11.9. The van der Waals surface area contributed by atoms with Crippen LogP contribution in [0.25, 0.3) is 10.8 Å². The Hall–Kier alpha value is -2.59. The molecule has 0 saturated heterocycles. The summed E-state index contributed by atoms with van der Waals surface area (Å²) in [6, 6.07) is 18.2. The number of aryl methyl sites for hydroxylation is 1. The average Bonchev–Trinajstić information content (AvgIpc) is 2.80. The molecule has 0 spiro atoms. The molecule has 1 saturated carbocycles. The lowest BCUT2D eigenvalue weighted by atomic mass is 9.77. The smallest absolute Gasteiger partial charge is 0.146 e. The third-order valence-electron chi connectivity index (χ3n) is 6.90. The Morgan fingerprint density at radius 1 is 0.871 bits per heavy atom. The van der Waals surface area contributed by atoms with Gasteiger partial charge in [-0.25, -0.2) is 4.39 Å². The monoisotopic (exact) mass is 412 g/mol. The number of benzene rings is 3. The Bertz CT molecular complexity index is 1070. The summed E-state index contributed by atoms with van der Waals surface area (Å²) in [7, 11) is 0. The summed E-state index contributed by atoms with van der Waals surface area (Å²) in [5.41, 5.74) is 3.97. The quantitative estimate of drug-likeness (QED) is 0.291. The minimum Gasteiger partial charge on any atom is -0.205 e. The first-order chi connectivity index (χ1) is 15.1. The van der Waals surface area contributed by atoms with E-state index in [4.69, 9.17) is 0 Å². The zero-order chi connectivity index (χ0) is 21.6. The second-order valence-corrected chi connectivity index (χ2v) is 9.24. The van der Waals surface area contributed by atoms with Crippen LogP contribution in [0.3, 0.4) is 0 Å². The van der Waals surface area contributed by atoms with Crippen LogP contribution in [0.5, 0.6) is 0 Å². The van der Waals surface area contributed by atoms with Crippen molar-refractivity contribution in [3.63, 3.8) is 0 Å². The maximum absolute atomic E-state index is 14.8. The van der Waals surface area contributed by atoms with Gasteiger partial charge in [0.1, 0.15) is 5.82 Å². The van der Waals surface area contributed by atoms with E-state index in [-0.39, 0.29) is 5.82 Å². The summed E-state index contributed by atoms with van der Waals surface area (Å²) in [6.07, 6.45) is 10.9. The zero-order valence-electron chi connectivity index (χ0n) is 18.9. The lowest BCUT2D eigenvalue weighted by Gasteiger charge is -2.29. The van der Waals surface area contributed by atoms with Gasteiger partial charge in [-0.15, -0.1) is 0 Å². The van der Waals surface area contributed by atoms with Gasteiger partial charge in [0.2, 0.25) is 0 Å². The summed E-state index contributed by atoms with van der Waals surface area (Å²) in [5.74, 6) is 7.59. The Labute approximate surface area is 186 Å². The van der Waals surface area contributed by atoms with Crippen LogP contribution in [0.2, 0.25) is 0 Å². The van der Waals surface area contributed by atoms with E-state index in [2.05, 4.69) is 43.0 Å². The van der Waals surface area contributed by atoms with E-state index in [0.29, 0.717) is 16.9 Å².